The van der Waals surface area contributed by atoms with E-state index in [1.54, 1.807) is 16.7 Å². The van der Waals surface area contributed by atoms with Crippen LogP contribution in [0.1, 0.15) is 41.0 Å². The molecule has 0 bridgehead atoms. The minimum absolute atomic E-state index is 0.00563. The van der Waals surface area contributed by atoms with Gasteiger partial charge in [0.25, 0.3) is 0 Å². The summed E-state index contributed by atoms with van der Waals surface area (Å²) >= 11 is 1.60. The summed E-state index contributed by atoms with van der Waals surface area (Å²) < 4.78 is -0.815. The van der Waals surface area contributed by atoms with E-state index in [9.17, 15) is 19.5 Å². The van der Waals surface area contributed by atoms with Crippen molar-refractivity contribution < 1.29 is 19.5 Å². The highest BCUT2D eigenvalue weighted by atomic mass is 32.2. The fraction of sp³-hybridized carbons (Fsp3) is 0.720. The van der Waals surface area contributed by atoms with Gasteiger partial charge in [-0.1, -0.05) is 45.1 Å². The second-order valence-corrected chi connectivity index (χ2v) is 11.8. The summed E-state index contributed by atoms with van der Waals surface area (Å²) in [7, 11) is 0. The topological polar surface area (TPSA) is 81.2 Å². The van der Waals surface area contributed by atoms with E-state index in [-0.39, 0.29) is 41.5 Å². The smallest absolute Gasteiger partial charge is 0.247 e. The number of nitrogens with zero attached hydrogens (tertiary/aromatic N) is 3. The molecule has 4 rings (SSSR count). The van der Waals surface area contributed by atoms with Crippen LogP contribution in [0.15, 0.2) is 24.3 Å². The van der Waals surface area contributed by atoms with Crippen molar-refractivity contribution in [1.29, 1.82) is 0 Å². The highest BCUT2D eigenvalue weighted by Gasteiger charge is 2.71. The summed E-state index contributed by atoms with van der Waals surface area (Å²) in [5.41, 5.74) is 0. The van der Waals surface area contributed by atoms with Gasteiger partial charge in [-0.25, -0.2) is 0 Å². The lowest BCUT2D eigenvalue weighted by molar-refractivity contribution is -0.148. The number of hydrogen-bond donors (Lipinski definition) is 1. The van der Waals surface area contributed by atoms with Crippen LogP contribution in [0, 0.1) is 17.8 Å². The van der Waals surface area contributed by atoms with Crippen LogP contribution in [0.4, 0.5) is 0 Å². The Morgan fingerprint density at radius 1 is 1.09 bits per heavy atom. The van der Waals surface area contributed by atoms with Crippen LogP contribution >= 0.6 is 11.8 Å². The predicted molar refractivity (Wildman–Crippen MR) is 129 cm³/mol. The van der Waals surface area contributed by atoms with Crippen LogP contribution in [0.3, 0.4) is 0 Å². The first-order valence-corrected chi connectivity index (χ1v) is 13.1. The molecule has 4 aliphatic rings. The molecule has 182 valence electrons. The third-order valence-corrected chi connectivity index (χ3v) is 9.39. The van der Waals surface area contributed by atoms with E-state index in [1.807, 2.05) is 62.6 Å². The molecule has 8 heteroatoms. The summed E-state index contributed by atoms with van der Waals surface area (Å²) in [5.74, 6) is -1.40. The average Bonchev–Trinajstić information content (AvgIpc) is 3.07. The SMILES string of the molecule is CCCN1CC=C[C@@H]2S[C@]34C=CCN(C(C)C)C(=O)C3N([C@@H](CO)C(C)C)C(=O)[C@@H]4[C@@H]2C1=O. The molecule has 1 spiro atoms. The molecule has 0 aromatic rings. The second kappa shape index (κ2) is 9.10. The van der Waals surface area contributed by atoms with Crippen LogP contribution in [0.2, 0.25) is 0 Å². The Kier molecular flexibility index (Phi) is 6.71. The highest BCUT2D eigenvalue weighted by Crippen LogP contribution is 2.61. The van der Waals surface area contributed by atoms with Gasteiger partial charge < -0.3 is 19.8 Å². The fourth-order valence-electron chi connectivity index (χ4n) is 6.06. The van der Waals surface area contributed by atoms with E-state index in [2.05, 4.69) is 6.08 Å². The molecular weight excluding hydrogens is 438 g/mol. The molecule has 6 atom stereocenters. The number of hydrogen-bond acceptors (Lipinski definition) is 5. The normalized spacial score (nSPS) is 34.7. The van der Waals surface area contributed by atoms with E-state index in [1.165, 1.54) is 0 Å². The molecule has 2 fully saturated rings. The molecule has 4 heterocycles. The maximum absolute atomic E-state index is 14.2. The predicted octanol–water partition coefficient (Wildman–Crippen LogP) is 1.92. The lowest BCUT2D eigenvalue weighted by Crippen LogP contribution is -2.58. The van der Waals surface area contributed by atoms with Crippen molar-refractivity contribution >= 4 is 29.5 Å². The first-order valence-electron chi connectivity index (χ1n) is 12.2. The Balaban J connectivity index is 1.87. The van der Waals surface area contributed by atoms with Crippen molar-refractivity contribution in [3.63, 3.8) is 0 Å². The third kappa shape index (κ3) is 3.64. The van der Waals surface area contributed by atoms with E-state index >= 15 is 0 Å². The second-order valence-electron chi connectivity index (χ2n) is 10.3. The van der Waals surface area contributed by atoms with Crippen LogP contribution < -0.4 is 0 Å². The molecule has 3 amide bonds. The fourth-order valence-corrected chi connectivity index (χ4v) is 8.05. The molecule has 1 unspecified atom stereocenters. The maximum atomic E-state index is 14.2. The molecule has 0 radical (unpaired) electrons. The zero-order valence-corrected chi connectivity index (χ0v) is 21.1. The van der Waals surface area contributed by atoms with E-state index in [4.69, 9.17) is 0 Å². The Labute approximate surface area is 201 Å². The average molecular weight is 476 g/mol. The number of fused-ring (bicyclic) bond motifs is 2. The van der Waals surface area contributed by atoms with Gasteiger partial charge in [0.1, 0.15) is 6.04 Å². The number of thioether (sulfide) groups is 1. The van der Waals surface area contributed by atoms with Crippen molar-refractivity contribution in [1.82, 2.24) is 14.7 Å². The number of amides is 3. The zero-order valence-electron chi connectivity index (χ0n) is 20.3. The van der Waals surface area contributed by atoms with Gasteiger partial charge in [0, 0.05) is 30.9 Å². The summed E-state index contributed by atoms with van der Waals surface area (Å²) in [5, 5.41) is 10.1. The Hall–Kier alpha value is -1.80. The standard InChI is InChI=1S/C25H37N3O4S/c1-6-11-26-12-7-9-18-19(22(26)30)20-23(31)28(17(14-29)15(2)3)21-24(32)27(16(4)5)13-8-10-25(20,21)33-18/h7-10,15-21,29H,6,11-14H2,1-5H3/t17-,18-,19+,20-,21?,25-/m0/s1. The number of likely N-dealkylation sites (tertiary alicyclic amines) is 1. The van der Waals surface area contributed by atoms with Gasteiger partial charge in [0.15, 0.2) is 0 Å². The highest BCUT2D eigenvalue weighted by molar-refractivity contribution is 8.02. The third-order valence-electron chi connectivity index (χ3n) is 7.64. The minimum Gasteiger partial charge on any atom is -0.394 e. The number of carbonyl (C=O) groups excluding carboxylic acids is 3. The lowest BCUT2D eigenvalue weighted by atomic mass is 9.78. The largest absolute Gasteiger partial charge is 0.394 e. The van der Waals surface area contributed by atoms with Gasteiger partial charge in [-0.05, 0) is 26.2 Å². The van der Waals surface area contributed by atoms with Crippen molar-refractivity contribution in [3.05, 3.63) is 24.3 Å². The van der Waals surface area contributed by atoms with E-state index < -0.39 is 28.7 Å². The van der Waals surface area contributed by atoms with Gasteiger partial charge in [-0.15, -0.1) is 11.8 Å². The van der Waals surface area contributed by atoms with E-state index in [0.717, 1.165) is 6.42 Å². The van der Waals surface area contributed by atoms with Crippen molar-refractivity contribution in [2.24, 2.45) is 17.8 Å². The molecule has 7 nitrogen and oxygen atoms in total. The molecule has 33 heavy (non-hydrogen) atoms. The molecule has 4 aliphatic heterocycles. The van der Waals surface area contributed by atoms with Gasteiger partial charge in [-0.2, -0.15) is 0 Å². The minimum atomic E-state index is -0.815. The van der Waals surface area contributed by atoms with E-state index in [0.29, 0.717) is 19.6 Å². The summed E-state index contributed by atoms with van der Waals surface area (Å²) in [6.45, 7) is 11.4. The molecule has 0 aromatic carbocycles. The number of carbonyl (C=O) groups is 3. The monoisotopic (exact) mass is 475 g/mol. The van der Waals surface area contributed by atoms with Crippen molar-refractivity contribution in [2.45, 2.75) is 69.2 Å². The van der Waals surface area contributed by atoms with Gasteiger partial charge >= 0.3 is 0 Å². The van der Waals surface area contributed by atoms with Gasteiger partial charge in [0.05, 0.1) is 29.2 Å². The molecule has 0 saturated carbocycles. The first-order chi connectivity index (χ1) is 15.7. The molecule has 2 saturated heterocycles. The Morgan fingerprint density at radius 3 is 2.42 bits per heavy atom. The van der Waals surface area contributed by atoms with Crippen LogP contribution in [-0.2, 0) is 14.4 Å². The summed E-state index contributed by atoms with van der Waals surface area (Å²) in [6.07, 6.45) is 9.00. The number of rotatable bonds is 6. The maximum Gasteiger partial charge on any atom is 0.247 e. The number of aliphatic hydroxyl groups excluding tert-OH is 1. The summed E-state index contributed by atoms with van der Waals surface area (Å²) in [6, 6.07) is -1.22. The van der Waals surface area contributed by atoms with Crippen molar-refractivity contribution in [3.8, 4) is 0 Å². The lowest BCUT2D eigenvalue weighted by Gasteiger charge is -2.40. The van der Waals surface area contributed by atoms with Gasteiger partial charge in [0.2, 0.25) is 17.7 Å². The quantitative estimate of drug-likeness (QED) is 0.594. The first kappa shape index (κ1) is 24.3. The molecular formula is C25H37N3O4S. The molecule has 0 aliphatic carbocycles. The summed E-state index contributed by atoms with van der Waals surface area (Å²) in [4.78, 5) is 47.2. The Bertz CT molecular complexity index is 872. The van der Waals surface area contributed by atoms with Gasteiger partial charge in [-0.3, -0.25) is 14.4 Å². The molecule has 0 aromatic heterocycles. The van der Waals surface area contributed by atoms with Crippen LogP contribution in [0.5, 0.6) is 0 Å². The number of aliphatic hydroxyl groups is 1. The van der Waals surface area contributed by atoms with Crippen molar-refractivity contribution in [2.75, 3.05) is 26.2 Å². The molecule has 1 N–H and O–H groups in total. The zero-order chi connectivity index (χ0) is 24.1. The van der Waals surface area contributed by atoms with Crippen LogP contribution in [-0.4, -0.2) is 91.9 Å². The Morgan fingerprint density at radius 2 is 1.82 bits per heavy atom. The van der Waals surface area contributed by atoms with Crippen LogP contribution in [0.25, 0.3) is 0 Å².